The van der Waals surface area contributed by atoms with Gasteiger partial charge < -0.3 is 4.98 Å². The lowest BCUT2D eigenvalue weighted by atomic mass is 10.1. The van der Waals surface area contributed by atoms with Crippen molar-refractivity contribution >= 4 is 39.8 Å². The summed E-state index contributed by atoms with van der Waals surface area (Å²) in [7, 11) is 0. The first-order chi connectivity index (χ1) is 13.2. The van der Waals surface area contributed by atoms with E-state index in [-0.39, 0.29) is 11.0 Å². The Bertz CT molecular complexity index is 1110. The number of para-hydroxylation sites is 1. The number of nitrogens with zero attached hydrogens (tertiary/aromatic N) is 3. The molecule has 136 valence electrons. The van der Waals surface area contributed by atoms with Crippen LogP contribution in [0.25, 0.3) is 21.6 Å². The number of thiophene rings is 1. The third kappa shape index (κ3) is 3.00. The fourth-order valence-corrected chi connectivity index (χ4v) is 4.99. The molecule has 7 heteroatoms. The molecule has 3 heterocycles. The SMILES string of the molecule is C[C@H](Sc1nnc(-c2cccs2)n1C1CC1)C(=O)c1c[nH]c2ccccc12. The molecule has 1 aliphatic rings. The van der Waals surface area contributed by atoms with Crippen molar-refractivity contribution in [2.45, 2.75) is 36.2 Å². The second-order valence-electron chi connectivity index (χ2n) is 6.76. The Morgan fingerprint density at radius 3 is 2.89 bits per heavy atom. The molecule has 4 aromatic rings. The van der Waals surface area contributed by atoms with Crippen LogP contribution in [-0.4, -0.2) is 30.8 Å². The molecule has 1 aromatic carbocycles. The number of aromatic nitrogens is 4. The summed E-state index contributed by atoms with van der Waals surface area (Å²) in [5.74, 6) is 1.03. The number of hydrogen-bond donors (Lipinski definition) is 1. The van der Waals surface area contributed by atoms with Crippen LogP contribution in [0.15, 0.2) is 53.1 Å². The van der Waals surface area contributed by atoms with Crippen LogP contribution in [0.5, 0.6) is 0 Å². The maximum atomic E-state index is 13.1. The highest BCUT2D eigenvalue weighted by Gasteiger charge is 2.32. The molecule has 1 N–H and O–H groups in total. The smallest absolute Gasteiger partial charge is 0.192 e. The third-order valence-corrected chi connectivity index (χ3v) is 6.75. The molecule has 27 heavy (non-hydrogen) atoms. The number of aromatic amines is 1. The van der Waals surface area contributed by atoms with Crippen LogP contribution in [0.1, 0.15) is 36.2 Å². The molecule has 0 unspecified atom stereocenters. The van der Waals surface area contributed by atoms with E-state index in [1.54, 1.807) is 11.3 Å². The first kappa shape index (κ1) is 16.8. The first-order valence-corrected chi connectivity index (χ1v) is 10.7. The topological polar surface area (TPSA) is 63.6 Å². The lowest BCUT2D eigenvalue weighted by Crippen LogP contribution is -2.14. The van der Waals surface area contributed by atoms with Gasteiger partial charge in [-0.1, -0.05) is 36.0 Å². The Hall–Kier alpha value is -2.38. The number of nitrogens with one attached hydrogen (secondary N) is 1. The number of carbonyl (C=O) groups excluding carboxylic acids is 1. The van der Waals surface area contributed by atoms with Crippen molar-refractivity contribution < 1.29 is 4.79 Å². The number of thioether (sulfide) groups is 1. The molecule has 0 bridgehead atoms. The molecule has 1 atom stereocenters. The van der Waals surface area contributed by atoms with E-state index in [9.17, 15) is 4.79 Å². The summed E-state index contributed by atoms with van der Waals surface area (Å²) in [6, 6.07) is 12.5. The van der Waals surface area contributed by atoms with Gasteiger partial charge in [-0.2, -0.15) is 0 Å². The van der Waals surface area contributed by atoms with E-state index >= 15 is 0 Å². The molecule has 0 saturated heterocycles. The number of Topliss-reactive ketones (excluding diaryl/α,β-unsaturated/α-hetero) is 1. The second-order valence-corrected chi connectivity index (χ2v) is 9.01. The van der Waals surface area contributed by atoms with Gasteiger partial charge in [-0.3, -0.25) is 9.36 Å². The number of hydrogen-bond acceptors (Lipinski definition) is 5. The zero-order valence-corrected chi connectivity index (χ0v) is 16.4. The lowest BCUT2D eigenvalue weighted by Gasteiger charge is -2.11. The predicted molar refractivity (Wildman–Crippen MR) is 110 cm³/mol. The average Bonchev–Trinajstić information content (AvgIpc) is 3.11. The van der Waals surface area contributed by atoms with Gasteiger partial charge in [-0.15, -0.1) is 21.5 Å². The van der Waals surface area contributed by atoms with Gasteiger partial charge >= 0.3 is 0 Å². The number of carbonyl (C=O) groups is 1. The quantitative estimate of drug-likeness (QED) is 0.361. The molecule has 3 aromatic heterocycles. The van der Waals surface area contributed by atoms with E-state index in [2.05, 4.69) is 31.2 Å². The summed E-state index contributed by atoms with van der Waals surface area (Å²) in [5, 5.41) is 12.5. The molecule has 0 aliphatic heterocycles. The fraction of sp³-hybridized carbons (Fsp3) is 0.250. The normalized spacial score (nSPS) is 15.3. The van der Waals surface area contributed by atoms with Gasteiger partial charge in [0, 0.05) is 28.7 Å². The Morgan fingerprint density at radius 1 is 1.26 bits per heavy atom. The van der Waals surface area contributed by atoms with Gasteiger partial charge in [-0.25, -0.2) is 0 Å². The molecule has 0 radical (unpaired) electrons. The highest BCUT2D eigenvalue weighted by atomic mass is 32.2. The Morgan fingerprint density at radius 2 is 2.11 bits per heavy atom. The van der Waals surface area contributed by atoms with Crippen LogP contribution in [0.3, 0.4) is 0 Å². The first-order valence-electron chi connectivity index (χ1n) is 8.98. The van der Waals surface area contributed by atoms with E-state index < -0.39 is 0 Å². The van der Waals surface area contributed by atoms with Gasteiger partial charge in [0.25, 0.3) is 0 Å². The highest BCUT2D eigenvalue weighted by molar-refractivity contribution is 8.00. The third-order valence-electron chi connectivity index (χ3n) is 4.82. The Labute approximate surface area is 164 Å². The largest absolute Gasteiger partial charge is 0.360 e. The molecule has 5 nitrogen and oxygen atoms in total. The minimum Gasteiger partial charge on any atom is -0.360 e. The minimum absolute atomic E-state index is 0.112. The standard InChI is InChI=1S/C20H18N4OS2/c1-12(18(25)15-11-21-16-6-3-2-5-14(15)16)27-20-23-22-19(17-7-4-10-26-17)24(20)13-8-9-13/h2-7,10-13,21H,8-9H2,1H3/t12-/m0/s1. The van der Waals surface area contributed by atoms with Gasteiger partial charge in [0.2, 0.25) is 0 Å². The fourth-order valence-electron chi connectivity index (χ4n) is 3.30. The van der Waals surface area contributed by atoms with Crippen molar-refractivity contribution in [1.29, 1.82) is 0 Å². The number of H-pyrrole nitrogens is 1. The van der Waals surface area contributed by atoms with Gasteiger partial charge in [0.15, 0.2) is 16.8 Å². The predicted octanol–water partition coefficient (Wildman–Crippen LogP) is 5.19. The monoisotopic (exact) mass is 394 g/mol. The zero-order valence-electron chi connectivity index (χ0n) is 14.8. The van der Waals surface area contributed by atoms with E-state index in [4.69, 9.17) is 0 Å². The molecule has 1 aliphatic carbocycles. The van der Waals surface area contributed by atoms with Gasteiger partial charge in [-0.05, 0) is 37.3 Å². The van der Waals surface area contributed by atoms with Crippen molar-refractivity contribution in [2.24, 2.45) is 0 Å². The Balaban J connectivity index is 1.44. The van der Waals surface area contributed by atoms with E-state index in [1.807, 2.05) is 43.5 Å². The van der Waals surface area contributed by atoms with Crippen molar-refractivity contribution in [2.75, 3.05) is 0 Å². The van der Waals surface area contributed by atoms with E-state index in [1.165, 1.54) is 11.8 Å². The lowest BCUT2D eigenvalue weighted by molar-refractivity contribution is 0.0995. The minimum atomic E-state index is -0.234. The molecule has 5 rings (SSSR count). The van der Waals surface area contributed by atoms with Crippen LogP contribution in [0.4, 0.5) is 0 Å². The summed E-state index contributed by atoms with van der Waals surface area (Å²) in [4.78, 5) is 17.4. The number of fused-ring (bicyclic) bond motifs is 1. The van der Waals surface area contributed by atoms with Crippen LogP contribution < -0.4 is 0 Å². The molecule has 0 spiro atoms. The maximum absolute atomic E-state index is 13.1. The van der Waals surface area contributed by atoms with Crippen molar-refractivity contribution in [3.05, 3.63) is 53.5 Å². The van der Waals surface area contributed by atoms with Crippen molar-refractivity contribution in [3.8, 4) is 10.7 Å². The summed E-state index contributed by atoms with van der Waals surface area (Å²) in [6.07, 6.45) is 4.11. The van der Waals surface area contributed by atoms with Crippen molar-refractivity contribution in [3.63, 3.8) is 0 Å². The van der Waals surface area contributed by atoms with Crippen LogP contribution >= 0.6 is 23.1 Å². The highest BCUT2D eigenvalue weighted by Crippen LogP contribution is 2.42. The van der Waals surface area contributed by atoms with Crippen LogP contribution in [0, 0.1) is 0 Å². The van der Waals surface area contributed by atoms with Crippen molar-refractivity contribution in [1.82, 2.24) is 19.7 Å². The molecular formula is C20H18N4OS2. The maximum Gasteiger partial charge on any atom is 0.192 e. The van der Waals surface area contributed by atoms with Gasteiger partial charge in [0.1, 0.15) is 0 Å². The summed E-state index contributed by atoms with van der Waals surface area (Å²) in [6.45, 7) is 1.95. The molecule has 0 amide bonds. The zero-order chi connectivity index (χ0) is 18.4. The van der Waals surface area contributed by atoms with E-state index in [0.717, 1.165) is 45.2 Å². The molecular weight excluding hydrogens is 376 g/mol. The average molecular weight is 395 g/mol. The second kappa shape index (κ2) is 6.65. The van der Waals surface area contributed by atoms with Crippen LogP contribution in [0.2, 0.25) is 0 Å². The van der Waals surface area contributed by atoms with Gasteiger partial charge in [0.05, 0.1) is 10.1 Å². The van der Waals surface area contributed by atoms with E-state index in [0.29, 0.717) is 6.04 Å². The summed E-state index contributed by atoms with van der Waals surface area (Å²) < 4.78 is 2.22. The number of rotatable bonds is 6. The molecule has 1 saturated carbocycles. The number of benzene rings is 1. The van der Waals surface area contributed by atoms with Crippen LogP contribution in [-0.2, 0) is 0 Å². The summed E-state index contributed by atoms with van der Waals surface area (Å²) in [5.41, 5.74) is 1.72. The summed E-state index contributed by atoms with van der Waals surface area (Å²) >= 11 is 3.17. The number of ketones is 1. The molecule has 1 fully saturated rings. The Kier molecular flexibility index (Phi) is 4.13.